The van der Waals surface area contributed by atoms with Crippen molar-refractivity contribution in [3.8, 4) is 23.0 Å². The van der Waals surface area contributed by atoms with Crippen molar-refractivity contribution in [1.29, 1.82) is 0 Å². The molecular formula is C27H26N2O6. The molecule has 1 N–H and O–H groups in total. The topological polar surface area (TPSA) is 95.5 Å². The second kappa shape index (κ2) is 12.6. The number of nitrogens with one attached hydrogen (secondary N) is 1. The number of nitrogens with zero attached hydrogens (tertiary/aromatic N) is 1. The van der Waals surface area contributed by atoms with Crippen molar-refractivity contribution < 1.29 is 28.5 Å². The van der Waals surface area contributed by atoms with Gasteiger partial charge in [0.05, 0.1) is 34.0 Å². The van der Waals surface area contributed by atoms with Crippen LogP contribution in [0, 0.1) is 0 Å². The van der Waals surface area contributed by atoms with E-state index in [0.29, 0.717) is 22.8 Å². The minimum absolute atomic E-state index is 0.121. The maximum atomic E-state index is 12.2. The number of carbonyl (C=O) groups is 2. The Morgan fingerprint density at radius 2 is 1.60 bits per heavy atom. The zero-order valence-electron chi connectivity index (χ0n) is 19.7. The number of carbonyl (C=O) groups excluding carboxylic acids is 2. The Kier molecular flexibility index (Phi) is 9.01. The van der Waals surface area contributed by atoms with Crippen LogP contribution < -0.4 is 24.4 Å². The number of esters is 1. The molecule has 3 aromatic carbocycles. The number of ether oxygens (including phenoxy) is 4. The van der Waals surface area contributed by atoms with Gasteiger partial charge in [0.2, 0.25) is 5.91 Å². The third-order valence-corrected chi connectivity index (χ3v) is 4.82. The van der Waals surface area contributed by atoms with Gasteiger partial charge < -0.3 is 18.9 Å². The summed E-state index contributed by atoms with van der Waals surface area (Å²) in [5.74, 6) is 1.42. The van der Waals surface area contributed by atoms with Crippen LogP contribution in [0.15, 0.2) is 77.9 Å². The Morgan fingerprint density at radius 3 is 2.31 bits per heavy atom. The van der Waals surface area contributed by atoms with Gasteiger partial charge in [-0.3, -0.25) is 4.79 Å². The lowest BCUT2D eigenvalue weighted by atomic mass is 10.1. The monoisotopic (exact) mass is 474 g/mol. The Balaban J connectivity index is 1.52. The van der Waals surface area contributed by atoms with Crippen molar-refractivity contribution >= 4 is 24.2 Å². The Hall–Kier alpha value is -4.59. The molecule has 8 heteroatoms. The predicted molar refractivity (Wildman–Crippen MR) is 133 cm³/mol. The maximum absolute atomic E-state index is 12.2. The molecule has 1 amide bonds. The third-order valence-electron chi connectivity index (χ3n) is 4.82. The van der Waals surface area contributed by atoms with Gasteiger partial charge in [0.25, 0.3) is 0 Å². The molecule has 0 aliphatic rings. The minimum atomic E-state index is -0.516. The fourth-order valence-electron chi connectivity index (χ4n) is 3.08. The zero-order valence-corrected chi connectivity index (χ0v) is 19.7. The number of hydrogen-bond acceptors (Lipinski definition) is 7. The molecule has 0 radical (unpaired) electrons. The quantitative estimate of drug-likeness (QED) is 0.157. The molecule has 0 unspecified atom stereocenters. The molecule has 3 aromatic rings. The Labute approximate surface area is 203 Å². The van der Waals surface area contributed by atoms with Crippen LogP contribution in [0.25, 0.3) is 6.08 Å². The van der Waals surface area contributed by atoms with Crippen LogP contribution >= 0.6 is 0 Å². The summed E-state index contributed by atoms with van der Waals surface area (Å²) in [6.45, 7) is 0. The fourth-order valence-corrected chi connectivity index (χ4v) is 3.08. The molecule has 35 heavy (non-hydrogen) atoms. The lowest BCUT2D eigenvalue weighted by molar-refractivity contribution is -0.129. The molecule has 0 heterocycles. The summed E-state index contributed by atoms with van der Waals surface area (Å²) in [5.41, 5.74) is 4.73. The van der Waals surface area contributed by atoms with E-state index in [1.54, 1.807) is 74.9 Å². The SMILES string of the molecule is COc1ccc(/C=C\C(=O)Oc2cccc(C=NNC(=O)Cc3ccc(OC)c(OC)c3)c2)cc1. The second-order valence-corrected chi connectivity index (χ2v) is 7.26. The van der Waals surface area contributed by atoms with Gasteiger partial charge in [-0.2, -0.15) is 5.10 Å². The molecule has 0 saturated heterocycles. The molecule has 0 bridgehead atoms. The average Bonchev–Trinajstić information content (AvgIpc) is 2.88. The molecule has 0 aliphatic carbocycles. The highest BCUT2D eigenvalue weighted by Gasteiger charge is 2.08. The number of hydrazone groups is 1. The van der Waals surface area contributed by atoms with Crippen molar-refractivity contribution in [2.45, 2.75) is 6.42 Å². The molecular weight excluding hydrogens is 448 g/mol. The van der Waals surface area contributed by atoms with E-state index >= 15 is 0 Å². The van der Waals surface area contributed by atoms with Gasteiger partial charge >= 0.3 is 5.97 Å². The molecule has 8 nitrogen and oxygen atoms in total. The fraction of sp³-hybridized carbons (Fsp3) is 0.148. The summed E-state index contributed by atoms with van der Waals surface area (Å²) in [7, 11) is 4.68. The van der Waals surface area contributed by atoms with Crippen LogP contribution in [0.5, 0.6) is 23.0 Å². The lowest BCUT2D eigenvalue weighted by Crippen LogP contribution is -2.19. The van der Waals surface area contributed by atoms with Gasteiger partial charge in [-0.1, -0.05) is 30.3 Å². The van der Waals surface area contributed by atoms with Crippen molar-refractivity contribution in [1.82, 2.24) is 5.43 Å². The normalized spacial score (nSPS) is 10.8. The van der Waals surface area contributed by atoms with E-state index in [1.165, 1.54) is 19.4 Å². The summed E-state index contributed by atoms with van der Waals surface area (Å²) in [5, 5.41) is 3.98. The van der Waals surface area contributed by atoms with Gasteiger partial charge in [-0.25, -0.2) is 10.2 Å². The number of rotatable bonds is 10. The highest BCUT2D eigenvalue weighted by Crippen LogP contribution is 2.27. The molecule has 0 aromatic heterocycles. The highest BCUT2D eigenvalue weighted by atomic mass is 16.5. The smallest absolute Gasteiger partial charge is 0.336 e. The summed E-state index contributed by atoms with van der Waals surface area (Å²) >= 11 is 0. The minimum Gasteiger partial charge on any atom is -0.497 e. The first-order chi connectivity index (χ1) is 17.0. The highest BCUT2D eigenvalue weighted by molar-refractivity contribution is 5.89. The van der Waals surface area contributed by atoms with Crippen molar-refractivity contribution in [3.05, 3.63) is 89.5 Å². The number of amides is 1. The number of benzene rings is 3. The van der Waals surface area contributed by atoms with Gasteiger partial charge in [0.1, 0.15) is 11.5 Å². The number of methoxy groups -OCH3 is 3. The van der Waals surface area contributed by atoms with E-state index in [9.17, 15) is 9.59 Å². The number of hydrogen-bond donors (Lipinski definition) is 1. The largest absolute Gasteiger partial charge is 0.497 e. The molecule has 0 spiro atoms. The van der Waals surface area contributed by atoms with Gasteiger partial charge in [0, 0.05) is 6.08 Å². The van der Waals surface area contributed by atoms with Crippen molar-refractivity contribution in [2.75, 3.05) is 21.3 Å². The molecule has 0 saturated carbocycles. The maximum Gasteiger partial charge on any atom is 0.336 e. The van der Waals surface area contributed by atoms with E-state index in [1.807, 2.05) is 12.1 Å². The standard InChI is InChI=1S/C27H26N2O6/c1-32-22-11-7-19(8-12-22)10-14-27(31)35-23-6-4-5-21(15-23)18-28-29-26(30)17-20-9-13-24(33-2)25(16-20)34-3/h4-16,18H,17H2,1-3H3,(H,29,30)/b14-10-,28-18?. The molecule has 0 atom stereocenters. The van der Waals surface area contributed by atoms with Crippen molar-refractivity contribution in [2.24, 2.45) is 5.10 Å². The van der Waals surface area contributed by atoms with Crippen LogP contribution in [0.4, 0.5) is 0 Å². The Morgan fingerprint density at radius 1 is 0.829 bits per heavy atom. The van der Waals surface area contributed by atoms with E-state index in [-0.39, 0.29) is 12.3 Å². The van der Waals surface area contributed by atoms with Crippen LogP contribution in [-0.4, -0.2) is 39.4 Å². The third kappa shape index (κ3) is 7.75. The van der Waals surface area contributed by atoms with E-state index in [4.69, 9.17) is 18.9 Å². The van der Waals surface area contributed by atoms with Gasteiger partial charge in [-0.05, 0) is 59.2 Å². The first-order valence-electron chi connectivity index (χ1n) is 10.7. The predicted octanol–water partition coefficient (Wildman–Crippen LogP) is 4.02. The first kappa shape index (κ1) is 25.0. The van der Waals surface area contributed by atoms with Crippen LogP contribution in [0.1, 0.15) is 16.7 Å². The summed E-state index contributed by atoms with van der Waals surface area (Å²) < 4.78 is 20.9. The van der Waals surface area contributed by atoms with Gasteiger partial charge in [-0.15, -0.1) is 0 Å². The summed E-state index contributed by atoms with van der Waals surface area (Å²) in [4.78, 5) is 24.4. The Bertz CT molecular complexity index is 1220. The van der Waals surface area contributed by atoms with Crippen LogP contribution in [0.2, 0.25) is 0 Å². The van der Waals surface area contributed by atoms with Crippen LogP contribution in [0.3, 0.4) is 0 Å². The van der Waals surface area contributed by atoms with Crippen LogP contribution in [-0.2, 0) is 16.0 Å². The van der Waals surface area contributed by atoms with Gasteiger partial charge in [0.15, 0.2) is 11.5 Å². The lowest BCUT2D eigenvalue weighted by Gasteiger charge is -2.09. The first-order valence-corrected chi connectivity index (χ1v) is 10.7. The molecule has 3 rings (SSSR count). The zero-order chi connectivity index (χ0) is 25.0. The molecule has 180 valence electrons. The average molecular weight is 475 g/mol. The van der Waals surface area contributed by atoms with E-state index < -0.39 is 5.97 Å². The van der Waals surface area contributed by atoms with E-state index in [2.05, 4.69) is 10.5 Å². The molecule has 0 aliphatic heterocycles. The van der Waals surface area contributed by atoms with Crippen molar-refractivity contribution in [3.63, 3.8) is 0 Å². The summed E-state index contributed by atoms with van der Waals surface area (Å²) in [6.07, 6.45) is 4.59. The summed E-state index contributed by atoms with van der Waals surface area (Å²) in [6, 6.07) is 19.3. The molecule has 0 fully saturated rings. The second-order valence-electron chi connectivity index (χ2n) is 7.26. The van der Waals surface area contributed by atoms with E-state index in [0.717, 1.165) is 16.9 Å².